The molecule has 2 aliphatic rings. The number of carbonyl (C=O) groups excluding carboxylic acids is 2. The molecule has 0 aliphatic carbocycles. The molecule has 3 heterocycles. The Balaban J connectivity index is 1.31. The lowest BCUT2D eigenvalue weighted by atomic mass is 9.82. The van der Waals surface area contributed by atoms with Gasteiger partial charge in [-0.3, -0.25) is 14.3 Å². The van der Waals surface area contributed by atoms with Crippen LogP contribution in [0.4, 0.5) is 11.4 Å². The standard InChI is InChI=1S/C39H50N6O4/c1-27(2)12-10-13-28(3)20-23-45-36-19-18-31(41-37(47)34-17-11-21-40-34)24-33(36)39(49,38(45)48)29(4)14-8-9-22-44-25-35(42-43-44)32(26-46)30-15-6-5-7-16-30/h5-8,12,14-16,18-20,24-25,29,32,34,40,46,49H,9-11,13,17,21-23,26H2,1-4H3,(H,41,47)/b14-8+,28-20+/t29-,32?,34+,39+/m0/s1. The maximum Gasteiger partial charge on any atom is 0.264 e. The van der Waals surface area contributed by atoms with Crippen molar-refractivity contribution in [2.75, 3.05) is 29.9 Å². The van der Waals surface area contributed by atoms with E-state index in [9.17, 15) is 19.8 Å². The largest absolute Gasteiger partial charge is 0.395 e. The number of anilines is 2. The first-order chi connectivity index (χ1) is 23.6. The predicted octanol–water partition coefficient (Wildman–Crippen LogP) is 5.60. The molecule has 2 aromatic carbocycles. The van der Waals surface area contributed by atoms with Crippen LogP contribution in [0.2, 0.25) is 0 Å². The zero-order valence-corrected chi connectivity index (χ0v) is 29.1. The molecule has 0 spiro atoms. The minimum atomic E-state index is -1.81. The summed E-state index contributed by atoms with van der Waals surface area (Å²) < 4.78 is 1.74. The third-order valence-electron chi connectivity index (χ3n) is 9.53. The number of aliphatic hydroxyl groups excluding tert-OH is 1. The second kappa shape index (κ2) is 16.3. The fourth-order valence-electron chi connectivity index (χ4n) is 6.57. The van der Waals surface area contributed by atoms with Gasteiger partial charge < -0.3 is 25.7 Å². The molecular formula is C39H50N6O4. The van der Waals surface area contributed by atoms with Gasteiger partial charge in [0.15, 0.2) is 5.60 Å². The molecule has 49 heavy (non-hydrogen) atoms. The van der Waals surface area contributed by atoms with Gasteiger partial charge in [0, 0.05) is 36.5 Å². The van der Waals surface area contributed by atoms with E-state index >= 15 is 0 Å². The normalized spacial score (nSPS) is 20.4. The first kappa shape index (κ1) is 35.9. The minimum Gasteiger partial charge on any atom is -0.395 e. The van der Waals surface area contributed by atoms with Crippen LogP contribution in [0.15, 0.2) is 90.2 Å². The van der Waals surface area contributed by atoms with Crippen LogP contribution in [0, 0.1) is 5.92 Å². The fraction of sp³-hybridized carbons (Fsp3) is 0.436. The minimum absolute atomic E-state index is 0.0701. The van der Waals surface area contributed by atoms with Crippen molar-refractivity contribution in [3.63, 3.8) is 0 Å². The maximum absolute atomic E-state index is 14.1. The van der Waals surface area contributed by atoms with Crippen LogP contribution in [0.3, 0.4) is 0 Å². The Labute approximate surface area is 289 Å². The van der Waals surface area contributed by atoms with E-state index in [1.165, 1.54) is 11.1 Å². The lowest BCUT2D eigenvalue weighted by molar-refractivity contribution is -0.139. The van der Waals surface area contributed by atoms with Crippen LogP contribution in [0.1, 0.15) is 82.5 Å². The summed E-state index contributed by atoms with van der Waals surface area (Å²) >= 11 is 0. The molecule has 260 valence electrons. The van der Waals surface area contributed by atoms with Crippen molar-refractivity contribution in [1.82, 2.24) is 20.3 Å². The Kier molecular flexibility index (Phi) is 12.0. The highest BCUT2D eigenvalue weighted by Gasteiger charge is 2.52. The molecule has 1 unspecified atom stereocenters. The molecule has 5 rings (SSSR count). The SMILES string of the molecule is CC(C)=CCC/C(C)=C/CN1C(=O)[C@@](O)([C@@H](C)/C=C/CCn2cc(C(CO)c3ccccc3)nn2)c2cc(NC(=O)[C@H]3CCCN3)ccc21. The first-order valence-corrected chi connectivity index (χ1v) is 17.4. The van der Waals surface area contributed by atoms with Gasteiger partial charge in [0.25, 0.3) is 5.91 Å². The number of benzene rings is 2. The summed E-state index contributed by atoms with van der Waals surface area (Å²) in [5.74, 6) is -1.31. The molecule has 0 radical (unpaired) electrons. The number of nitrogens with zero attached hydrogens (tertiary/aromatic N) is 4. The van der Waals surface area contributed by atoms with Crippen molar-refractivity contribution in [2.45, 2.75) is 83.9 Å². The summed E-state index contributed by atoms with van der Waals surface area (Å²) in [5, 5.41) is 37.0. The van der Waals surface area contributed by atoms with Crippen molar-refractivity contribution in [1.29, 1.82) is 0 Å². The van der Waals surface area contributed by atoms with Crippen LogP contribution in [-0.4, -0.2) is 62.8 Å². The zero-order chi connectivity index (χ0) is 35.0. The summed E-state index contributed by atoms with van der Waals surface area (Å²) in [4.78, 5) is 28.7. The van der Waals surface area contributed by atoms with Crippen molar-refractivity contribution >= 4 is 23.2 Å². The number of hydrogen-bond donors (Lipinski definition) is 4. The number of allylic oxidation sites excluding steroid dienone is 4. The van der Waals surface area contributed by atoms with E-state index in [1.807, 2.05) is 61.7 Å². The average Bonchev–Trinajstić information content (AvgIpc) is 3.84. The zero-order valence-electron chi connectivity index (χ0n) is 29.1. The molecule has 1 aromatic heterocycles. The van der Waals surface area contributed by atoms with Gasteiger partial charge in [0.05, 0.1) is 29.9 Å². The number of hydrogen-bond acceptors (Lipinski definition) is 7. The summed E-state index contributed by atoms with van der Waals surface area (Å²) in [5.41, 5.74) is 3.99. The molecule has 1 saturated heterocycles. The van der Waals surface area contributed by atoms with E-state index in [1.54, 1.807) is 21.7 Å². The Hall–Kier alpha value is -4.38. The van der Waals surface area contributed by atoms with Gasteiger partial charge in [-0.25, -0.2) is 0 Å². The number of rotatable bonds is 15. The van der Waals surface area contributed by atoms with Crippen LogP contribution in [0.5, 0.6) is 0 Å². The number of nitrogens with one attached hydrogen (secondary N) is 2. The van der Waals surface area contributed by atoms with Crippen molar-refractivity contribution in [3.8, 4) is 0 Å². The van der Waals surface area contributed by atoms with E-state index < -0.39 is 11.5 Å². The molecule has 4 N–H and O–H groups in total. The Morgan fingerprint density at radius 2 is 1.94 bits per heavy atom. The lowest BCUT2D eigenvalue weighted by Crippen LogP contribution is -2.44. The topological polar surface area (TPSA) is 133 Å². The van der Waals surface area contributed by atoms with Crippen molar-refractivity contribution in [3.05, 3.63) is 107 Å². The highest BCUT2D eigenvalue weighted by molar-refractivity contribution is 6.08. The molecule has 0 saturated carbocycles. The maximum atomic E-state index is 14.1. The van der Waals surface area contributed by atoms with Gasteiger partial charge in [-0.1, -0.05) is 77.9 Å². The van der Waals surface area contributed by atoms with Crippen molar-refractivity contribution < 1.29 is 19.8 Å². The van der Waals surface area contributed by atoms with Crippen LogP contribution < -0.4 is 15.5 Å². The van der Waals surface area contributed by atoms with E-state index in [0.29, 0.717) is 42.1 Å². The quantitative estimate of drug-likeness (QED) is 0.155. The summed E-state index contributed by atoms with van der Waals surface area (Å²) in [6.07, 6.45) is 14.1. The summed E-state index contributed by atoms with van der Waals surface area (Å²) in [7, 11) is 0. The monoisotopic (exact) mass is 666 g/mol. The Morgan fingerprint density at radius 1 is 1.14 bits per heavy atom. The van der Waals surface area contributed by atoms with Gasteiger partial charge in [-0.05, 0) is 83.2 Å². The van der Waals surface area contributed by atoms with Crippen LogP contribution in [-0.2, 0) is 21.7 Å². The second-order valence-electron chi connectivity index (χ2n) is 13.5. The third kappa shape index (κ3) is 8.44. The highest BCUT2D eigenvalue weighted by atomic mass is 16.3. The molecule has 4 atom stereocenters. The lowest BCUT2D eigenvalue weighted by Gasteiger charge is -2.27. The molecular weight excluding hydrogens is 616 g/mol. The van der Waals surface area contributed by atoms with Gasteiger partial charge in [-0.15, -0.1) is 5.10 Å². The third-order valence-corrected chi connectivity index (χ3v) is 9.53. The molecule has 2 amide bonds. The van der Waals surface area contributed by atoms with E-state index in [-0.39, 0.29) is 30.4 Å². The first-order valence-electron chi connectivity index (χ1n) is 17.4. The summed E-state index contributed by atoms with van der Waals surface area (Å²) in [6, 6.07) is 14.9. The van der Waals surface area contributed by atoms with E-state index in [4.69, 9.17) is 0 Å². The highest BCUT2D eigenvalue weighted by Crippen LogP contribution is 2.46. The second-order valence-corrected chi connectivity index (χ2v) is 13.5. The number of aliphatic hydroxyl groups is 2. The Morgan fingerprint density at radius 3 is 2.65 bits per heavy atom. The predicted molar refractivity (Wildman–Crippen MR) is 193 cm³/mol. The van der Waals surface area contributed by atoms with Gasteiger partial charge in [0.1, 0.15) is 0 Å². The van der Waals surface area contributed by atoms with Crippen molar-refractivity contribution in [2.24, 2.45) is 5.92 Å². The van der Waals surface area contributed by atoms with Crippen LogP contribution >= 0.6 is 0 Å². The fourth-order valence-corrected chi connectivity index (χ4v) is 6.57. The number of fused-ring (bicyclic) bond motifs is 1. The Bertz CT molecular complexity index is 1690. The number of amides is 2. The number of carbonyl (C=O) groups is 2. The molecule has 2 aliphatic heterocycles. The molecule has 1 fully saturated rings. The molecule has 0 bridgehead atoms. The molecule has 3 aromatic rings. The average molecular weight is 667 g/mol. The number of aryl methyl sites for hydroxylation is 1. The van der Waals surface area contributed by atoms with Gasteiger partial charge >= 0.3 is 0 Å². The molecule has 10 nitrogen and oxygen atoms in total. The number of aromatic nitrogens is 3. The van der Waals surface area contributed by atoms with E-state index in [0.717, 1.165) is 37.8 Å². The van der Waals surface area contributed by atoms with Crippen LogP contribution in [0.25, 0.3) is 0 Å². The smallest absolute Gasteiger partial charge is 0.264 e. The summed E-state index contributed by atoms with van der Waals surface area (Å²) in [6.45, 7) is 9.70. The van der Waals surface area contributed by atoms with E-state index in [2.05, 4.69) is 53.9 Å². The molecule has 10 heteroatoms. The van der Waals surface area contributed by atoms with Gasteiger partial charge in [-0.2, -0.15) is 0 Å². The van der Waals surface area contributed by atoms with Gasteiger partial charge in [0.2, 0.25) is 5.91 Å².